The average Bonchev–Trinajstić information content (AvgIpc) is 3.01. The van der Waals surface area contributed by atoms with E-state index in [1.807, 2.05) is 0 Å². The van der Waals surface area contributed by atoms with Crippen molar-refractivity contribution in [1.29, 1.82) is 0 Å². The molecule has 3 rings (SSSR count). The normalized spacial score (nSPS) is 22.7. The molecule has 4 heteroatoms. The van der Waals surface area contributed by atoms with Crippen molar-refractivity contribution in [2.75, 3.05) is 13.1 Å². The molecule has 0 atom stereocenters. The molecular formula is C14H24N4. The van der Waals surface area contributed by atoms with Crippen LogP contribution in [0.5, 0.6) is 0 Å². The minimum absolute atomic E-state index is 0.678. The minimum Gasteiger partial charge on any atom is -0.317 e. The van der Waals surface area contributed by atoms with Gasteiger partial charge in [0, 0.05) is 12.5 Å². The van der Waals surface area contributed by atoms with E-state index in [-0.39, 0.29) is 0 Å². The smallest absolute Gasteiger partial charge is 0.133 e. The monoisotopic (exact) mass is 248 g/mol. The Kier molecular flexibility index (Phi) is 3.64. The zero-order chi connectivity index (χ0) is 12.4. The summed E-state index contributed by atoms with van der Waals surface area (Å²) in [5.41, 5.74) is 0. The molecule has 2 fully saturated rings. The van der Waals surface area contributed by atoms with Gasteiger partial charge >= 0.3 is 0 Å². The van der Waals surface area contributed by atoms with E-state index in [1.165, 1.54) is 57.4 Å². The van der Waals surface area contributed by atoms with Crippen molar-refractivity contribution in [2.24, 2.45) is 5.92 Å². The molecule has 1 N–H and O–H groups in total. The summed E-state index contributed by atoms with van der Waals surface area (Å²) >= 11 is 0. The van der Waals surface area contributed by atoms with E-state index in [9.17, 15) is 0 Å². The lowest BCUT2D eigenvalue weighted by Gasteiger charge is -2.23. The Bertz CT molecular complexity index is 386. The standard InChI is InChI=1S/C14H24N4/c1-11-16-17-14(10-12-6-8-15-9-7-12)18(11)13-4-2-3-5-13/h12-13,15H,2-10H2,1H3. The number of aromatic nitrogens is 3. The lowest BCUT2D eigenvalue weighted by atomic mass is 9.94. The van der Waals surface area contributed by atoms with Gasteiger partial charge in [0.25, 0.3) is 0 Å². The fraction of sp³-hybridized carbons (Fsp3) is 0.857. The molecule has 0 bridgehead atoms. The highest BCUT2D eigenvalue weighted by molar-refractivity contribution is 5.00. The molecule has 0 spiro atoms. The third-order valence-electron chi connectivity index (χ3n) is 4.56. The maximum absolute atomic E-state index is 4.45. The van der Waals surface area contributed by atoms with Crippen LogP contribution in [0.3, 0.4) is 0 Å². The van der Waals surface area contributed by atoms with Gasteiger partial charge in [-0.05, 0) is 51.6 Å². The van der Waals surface area contributed by atoms with Gasteiger partial charge in [0.15, 0.2) is 0 Å². The molecule has 2 aliphatic rings. The molecule has 1 aromatic heterocycles. The Morgan fingerprint density at radius 3 is 2.56 bits per heavy atom. The minimum atomic E-state index is 0.678. The van der Waals surface area contributed by atoms with Crippen LogP contribution < -0.4 is 5.32 Å². The Labute approximate surface area is 109 Å². The summed E-state index contributed by atoms with van der Waals surface area (Å²) in [7, 11) is 0. The van der Waals surface area contributed by atoms with Crippen molar-refractivity contribution in [3.63, 3.8) is 0 Å². The largest absolute Gasteiger partial charge is 0.317 e. The van der Waals surface area contributed by atoms with Crippen LogP contribution in [0.1, 0.15) is 56.2 Å². The Balaban J connectivity index is 1.74. The molecule has 4 nitrogen and oxygen atoms in total. The van der Waals surface area contributed by atoms with E-state index in [0.717, 1.165) is 18.2 Å². The van der Waals surface area contributed by atoms with E-state index in [0.29, 0.717) is 6.04 Å². The summed E-state index contributed by atoms with van der Waals surface area (Å²) in [5, 5.41) is 12.2. The van der Waals surface area contributed by atoms with Gasteiger partial charge in [0.05, 0.1) is 0 Å². The quantitative estimate of drug-likeness (QED) is 0.892. The number of rotatable bonds is 3. The number of aryl methyl sites for hydroxylation is 1. The van der Waals surface area contributed by atoms with Crippen molar-refractivity contribution in [3.05, 3.63) is 11.6 Å². The molecular weight excluding hydrogens is 224 g/mol. The zero-order valence-corrected chi connectivity index (χ0v) is 11.4. The van der Waals surface area contributed by atoms with Gasteiger partial charge in [-0.25, -0.2) is 0 Å². The van der Waals surface area contributed by atoms with Crippen LogP contribution in [0, 0.1) is 12.8 Å². The van der Waals surface area contributed by atoms with Crippen LogP contribution in [-0.2, 0) is 6.42 Å². The third-order valence-corrected chi connectivity index (χ3v) is 4.56. The van der Waals surface area contributed by atoms with Gasteiger partial charge in [-0.15, -0.1) is 10.2 Å². The molecule has 2 heterocycles. The number of hydrogen-bond acceptors (Lipinski definition) is 3. The van der Waals surface area contributed by atoms with Gasteiger partial charge in [0.1, 0.15) is 11.6 Å². The van der Waals surface area contributed by atoms with E-state index >= 15 is 0 Å². The van der Waals surface area contributed by atoms with E-state index < -0.39 is 0 Å². The highest BCUT2D eigenvalue weighted by Gasteiger charge is 2.24. The number of nitrogens with zero attached hydrogens (tertiary/aromatic N) is 3. The molecule has 0 aromatic carbocycles. The third kappa shape index (κ3) is 2.44. The molecule has 0 radical (unpaired) electrons. The van der Waals surface area contributed by atoms with Crippen molar-refractivity contribution >= 4 is 0 Å². The Hall–Kier alpha value is -0.900. The lowest BCUT2D eigenvalue weighted by Crippen LogP contribution is -2.29. The average molecular weight is 248 g/mol. The molecule has 1 aromatic rings. The molecule has 1 saturated carbocycles. The van der Waals surface area contributed by atoms with Crippen molar-refractivity contribution in [2.45, 2.75) is 57.9 Å². The summed E-state index contributed by atoms with van der Waals surface area (Å²) < 4.78 is 2.44. The first-order valence-corrected chi connectivity index (χ1v) is 7.45. The first-order valence-electron chi connectivity index (χ1n) is 7.45. The molecule has 100 valence electrons. The topological polar surface area (TPSA) is 42.7 Å². The van der Waals surface area contributed by atoms with Crippen molar-refractivity contribution in [3.8, 4) is 0 Å². The van der Waals surface area contributed by atoms with Crippen LogP contribution >= 0.6 is 0 Å². The molecule has 1 aliphatic heterocycles. The summed E-state index contributed by atoms with van der Waals surface area (Å²) in [6.07, 6.45) is 9.08. The summed E-state index contributed by atoms with van der Waals surface area (Å²) in [6, 6.07) is 0.678. The first kappa shape index (κ1) is 12.2. The Morgan fingerprint density at radius 1 is 1.11 bits per heavy atom. The van der Waals surface area contributed by atoms with E-state index in [1.54, 1.807) is 0 Å². The second-order valence-electron chi connectivity index (χ2n) is 5.87. The van der Waals surface area contributed by atoms with Gasteiger partial charge < -0.3 is 9.88 Å². The number of hydrogen-bond donors (Lipinski definition) is 1. The fourth-order valence-electron chi connectivity index (χ4n) is 3.53. The van der Waals surface area contributed by atoms with Crippen LogP contribution in [0.25, 0.3) is 0 Å². The molecule has 18 heavy (non-hydrogen) atoms. The first-order chi connectivity index (χ1) is 8.84. The molecule has 0 unspecified atom stereocenters. The highest BCUT2D eigenvalue weighted by Crippen LogP contribution is 2.32. The SMILES string of the molecule is Cc1nnc(CC2CCNCC2)n1C1CCCC1. The van der Waals surface area contributed by atoms with E-state index in [4.69, 9.17) is 0 Å². The summed E-state index contributed by atoms with van der Waals surface area (Å²) in [6.45, 7) is 4.44. The highest BCUT2D eigenvalue weighted by atomic mass is 15.3. The van der Waals surface area contributed by atoms with Crippen LogP contribution in [0.15, 0.2) is 0 Å². The van der Waals surface area contributed by atoms with Crippen molar-refractivity contribution in [1.82, 2.24) is 20.1 Å². The van der Waals surface area contributed by atoms with Gasteiger partial charge in [-0.3, -0.25) is 0 Å². The summed E-state index contributed by atoms with van der Waals surface area (Å²) in [4.78, 5) is 0. The van der Waals surface area contributed by atoms with Crippen LogP contribution in [-0.4, -0.2) is 27.9 Å². The van der Waals surface area contributed by atoms with E-state index in [2.05, 4.69) is 27.0 Å². The van der Waals surface area contributed by atoms with Gasteiger partial charge in [0.2, 0.25) is 0 Å². The maximum atomic E-state index is 4.45. The second-order valence-corrected chi connectivity index (χ2v) is 5.87. The number of nitrogens with one attached hydrogen (secondary N) is 1. The predicted octanol–water partition coefficient (Wildman–Crippen LogP) is 2.24. The van der Waals surface area contributed by atoms with Gasteiger partial charge in [-0.1, -0.05) is 12.8 Å². The van der Waals surface area contributed by atoms with Crippen LogP contribution in [0.4, 0.5) is 0 Å². The Morgan fingerprint density at radius 2 is 1.83 bits per heavy atom. The fourth-order valence-corrected chi connectivity index (χ4v) is 3.53. The molecule has 1 saturated heterocycles. The number of piperidine rings is 1. The molecule has 0 amide bonds. The van der Waals surface area contributed by atoms with Gasteiger partial charge in [-0.2, -0.15) is 0 Å². The predicted molar refractivity (Wildman–Crippen MR) is 71.6 cm³/mol. The lowest BCUT2D eigenvalue weighted by molar-refractivity contribution is 0.356. The summed E-state index contributed by atoms with van der Waals surface area (Å²) in [5.74, 6) is 3.16. The van der Waals surface area contributed by atoms with Crippen LogP contribution in [0.2, 0.25) is 0 Å². The zero-order valence-electron chi connectivity index (χ0n) is 11.4. The molecule has 1 aliphatic carbocycles. The maximum Gasteiger partial charge on any atom is 0.133 e. The van der Waals surface area contributed by atoms with Crippen molar-refractivity contribution < 1.29 is 0 Å². The second kappa shape index (κ2) is 5.39.